The summed E-state index contributed by atoms with van der Waals surface area (Å²) in [6, 6.07) is 5.94. The fourth-order valence-corrected chi connectivity index (χ4v) is 2.37. The van der Waals surface area contributed by atoms with Crippen LogP contribution < -0.4 is 4.90 Å². The first-order valence-corrected chi connectivity index (χ1v) is 5.98. The molecule has 0 radical (unpaired) electrons. The van der Waals surface area contributed by atoms with Crippen LogP contribution in [0.5, 0.6) is 0 Å². The number of benzene rings is 1. The van der Waals surface area contributed by atoms with E-state index in [2.05, 4.69) is 0 Å². The minimum atomic E-state index is -0.344. The molecule has 0 aromatic heterocycles. The third kappa shape index (κ3) is 2.23. The number of nitrogens with zero attached hydrogens (tertiary/aromatic N) is 1. The maximum Gasteiger partial charge on any atom is 0.311 e. The lowest BCUT2D eigenvalue weighted by Crippen LogP contribution is -2.26. The highest BCUT2D eigenvalue weighted by molar-refractivity contribution is 6.00. The van der Waals surface area contributed by atoms with Crippen LogP contribution >= 0.6 is 0 Å². The van der Waals surface area contributed by atoms with Gasteiger partial charge in [0.1, 0.15) is 0 Å². The molecular formula is C14H17NO3. The Bertz CT molecular complexity index is 496. The predicted molar refractivity (Wildman–Crippen MR) is 68.4 cm³/mol. The zero-order valence-electron chi connectivity index (χ0n) is 10.9. The molecule has 0 unspecified atom stereocenters. The normalized spacial score (nSPS) is 19.2. The monoisotopic (exact) mass is 247 g/mol. The number of carbonyl (C=O) groups is 2. The van der Waals surface area contributed by atoms with E-state index < -0.39 is 0 Å². The molecule has 0 bridgehead atoms. The van der Waals surface area contributed by atoms with Gasteiger partial charge in [-0.3, -0.25) is 9.59 Å². The van der Waals surface area contributed by atoms with Gasteiger partial charge in [0, 0.05) is 18.7 Å². The van der Waals surface area contributed by atoms with Gasteiger partial charge in [0.2, 0.25) is 5.91 Å². The van der Waals surface area contributed by atoms with Gasteiger partial charge in [-0.05, 0) is 25.5 Å². The molecule has 0 N–H and O–H groups in total. The summed E-state index contributed by atoms with van der Waals surface area (Å²) in [5.41, 5.74) is 3.10. The zero-order valence-corrected chi connectivity index (χ0v) is 10.9. The highest BCUT2D eigenvalue weighted by Crippen LogP contribution is 2.28. The topological polar surface area (TPSA) is 46.6 Å². The summed E-state index contributed by atoms with van der Waals surface area (Å²) in [5.74, 6) is -0.670. The van der Waals surface area contributed by atoms with Gasteiger partial charge >= 0.3 is 5.97 Å². The van der Waals surface area contributed by atoms with E-state index in [1.165, 1.54) is 7.11 Å². The van der Waals surface area contributed by atoms with Crippen molar-refractivity contribution >= 4 is 17.6 Å². The molecule has 0 saturated carbocycles. The Morgan fingerprint density at radius 3 is 2.72 bits per heavy atom. The van der Waals surface area contributed by atoms with Crippen molar-refractivity contribution in [3.63, 3.8) is 0 Å². The second kappa shape index (κ2) is 4.80. The van der Waals surface area contributed by atoms with Crippen LogP contribution in [-0.4, -0.2) is 25.5 Å². The van der Waals surface area contributed by atoms with Crippen LogP contribution in [0.25, 0.3) is 0 Å². The molecule has 1 aliphatic rings. The van der Waals surface area contributed by atoms with Crippen LogP contribution in [0.1, 0.15) is 17.5 Å². The predicted octanol–water partition coefficient (Wildman–Crippen LogP) is 1.83. The molecule has 1 amide bonds. The average Bonchev–Trinajstić information content (AvgIpc) is 2.70. The molecule has 1 atom stereocenters. The van der Waals surface area contributed by atoms with Gasteiger partial charge in [0.15, 0.2) is 0 Å². The Kier molecular flexibility index (Phi) is 3.36. The molecule has 1 heterocycles. The number of hydrogen-bond donors (Lipinski definition) is 0. The molecule has 2 rings (SSSR count). The smallest absolute Gasteiger partial charge is 0.311 e. The van der Waals surface area contributed by atoms with Crippen molar-refractivity contribution in [3.8, 4) is 0 Å². The number of ether oxygens (including phenoxy) is 1. The summed E-state index contributed by atoms with van der Waals surface area (Å²) < 4.78 is 4.70. The number of methoxy groups -OCH3 is 1. The highest BCUT2D eigenvalue weighted by atomic mass is 16.5. The van der Waals surface area contributed by atoms with Crippen molar-refractivity contribution in [2.45, 2.75) is 20.3 Å². The Hall–Kier alpha value is -1.84. The first-order chi connectivity index (χ1) is 8.52. The molecule has 1 saturated heterocycles. The second-order valence-electron chi connectivity index (χ2n) is 4.72. The second-order valence-corrected chi connectivity index (χ2v) is 4.72. The number of carbonyl (C=O) groups excluding carboxylic acids is 2. The lowest BCUT2D eigenvalue weighted by atomic mass is 10.1. The number of rotatable bonds is 2. The van der Waals surface area contributed by atoms with Crippen molar-refractivity contribution in [1.29, 1.82) is 0 Å². The number of aryl methyl sites for hydroxylation is 2. The molecule has 0 spiro atoms. The summed E-state index contributed by atoms with van der Waals surface area (Å²) >= 11 is 0. The molecule has 4 nitrogen and oxygen atoms in total. The van der Waals surface area contributed by atoms with Gasteiger partial charge in [0.05, 0.1) is 13.0 Å². The first kappa shape index (κ1) is 12.6. The van der Waals surface area contributed by atoms with Crippen LogP contribution in [0.15, 0.2) is 18.2 Å². The SMILES string of the molecule is COC(=O)[C@H]1CC(=O)N(c2ccc(C)cc2C)C1. The molecule has 1 aromatic rings. The Labute approximate surface area is 107 Å². The van der Waals surface area contributed by atoms with Crippen molar-refractivity contribution in [2.75, 3.05) is 18.6 Å². The standard InChI is InChI=1S/C14H17NO3/c1-9-4-5-12(10(2)6-9)15-8-11(7-13(15)16)14(17)18-3/h4-6,11H,7-8H2,1-3H3/t11-/m0/s1. The van der Waals surface area contributed by atoms with E-state index in [-0.39, 0.29) is 24.2 Å². The minimum absolute atomic E-state index is 0.0163. The number of esters is 1. The molecule has 0 aliphatic carbocycles. The van der Waals surface area contributed by atoms with Crippen molar-refractivity contribution in [2.24, 2.45) is 5.92 Å². The number of hydrogen-bond acceptors (Lipinski definition) is 3. The fraction of sp³-hybridized carbons (Fsp3) is 0.429. The molecule has 18 heavy (non-hydrogen) atoms. The largest absolute Gasteiger partial charge is 0.469 e. The van der Waals surface area contributed by atoms with Gasteiger partial charge in [0.25, 0.3) is 0 Å². The van der Waals surface area contributed by atoms with E-state index in [9.17, 15) is 9.59 Å². The van der Waals surface area contributed by atoms with E-state index in [1.807, 2.05) is 32.0 Å². The maximum atomic E-state index is 12.0. The van der Waals surface area contributed by atoms with Gasteiger partial charge in [-0.25, -0.2) is 0 Å². The van der Waals surface area contributed by atoms with Crippen LogP contribution in [0.2, 0.25) is 0 Å². The van der Waals surface area contributed by atoms with Gasteiger partial charge in [-0.15, -0.1) is 0 Å². The quantitative estimate of drug-likeness (QED) is 0.749. The minimum Gasteiger partial charge on any atom is -0.469 e. The molecule has 1 aromatic carbocycles. The lowest BCUT2D eigenvalue weighted by molar-refractivity contribution is -0.145. The van der Waals surface area contributed by atoms with E-state index in [1.54, 1.807) is 4.90 Å². The highest BCUT2D eigenvalue weighted by Gasteiger charge is 2.36. The average molecular weight is 247 g/mol. The van der Waals surface area contributed by atoms with Crippen molar-refractivity contribution < 1.29 is 14.3 Å². The third-order valence-corrected chi connectivity index (χ3v) is 3.30. The Balaban J connectivity index is 2.24. The van der Waals surface area contributed by atoms with Crippen LogP contribution in [0.3, 0.4) is 0 Å². The van der Waals surface area contributed by atoms with Gasteiger partial charge in [-0.1, -0.05) is 17.7 Å². The molecular weight excluding hydrogens is 230 g/mol. The number of anilines is 1. The zero-order chi connectivity index (χ0) is 13.3. The summed E-state index contributed by atoms with van der Waals surface area (Å²) in [4.78, 5) is 25.1. The van der Waals surface area contributed by atoms with Crippen molar-refractivity contribution in [1.82, 2.24) is 0 Å². The Morgan fingerprint density at radius 1 is 1.39 bits per heavy atom. The Morgan fingerprint density at radius 2 is 2.11 bits per heavy atom. The van der Waals surface area contributed by atoms with Crippen LogP contribution in [0.4, 0.5) is 5.69 Å². The summed E-state index contributed by atoms with van der Waals surface area (Å²) in [7, 11) is 1.35. The fourth-order valence-electron chi connectivity index (χ4n) is 2.37. The molecule has 1 fully saturated rings. The van der Waals surface area contributed by atoms with Gasteiger partial charge in [-0.2, -0.15) is 0 Å². The van der Waals surface area contributed by atoms with E-state index >= 15 is 0 Å². The third-order valence-electron chi connectivity index (χ3n) is 3.30. The molecule has 1 aliphatic heterocycles. The van der Waals surface area contributed by atoms with Gasteiger partial charge < -0.3 is 9.64 Å². The lowest BCUT2D eigenvalue weighted by Gasteiger charge is -2.19. The maximum absolute atomic E-state index is 12.0. The molecule has 4 heteroatoms. The molecule has 96 valence electrons. The summed E-state index contributed by atoms with van der Waals surface area (Å²) in [5, 5.41) is 0. The van der Waals surface area contributed by atoms with E-state index in [4.69, 9.17) is 4.74 Å². The van der Waals surface area contributed by atoms with E-state index in [0.29, 0.717) is 6.54 Å². The first-order valence-electron chi connectivity index (χ1n) is 5.98. The summed E-state index contributed by atoms with van der Waals surface area (Å²) in [6.07, 6.45) is 0.236. The summed E-state index contributed by atoms with van der Waals surface area (Å²) in [6.45, 7) is 4.40. The van der Waals surface area contributed by atoms with E-state index in [0.717, 1.165) is 16.8 Å². The number of amides is 1. The van der Waals surface area contributed by atoms with Crippen molar-refractivity contribution in [3.05, 3.63) is 29.3 Å². The van der Waals surface area contributed by atoms with Crippen LogP contribution in [0, 0.1) is 19.8 Å². The van der Waals surface area contributed by atoms with Crippen LogP contribution in [-0.2, 0) is 14.3 Å².